The number of carbonyl (C=O) groups excluding carboxylic acids is 1. The molecule has 16 heavy (non-hydrogen) atoms. The number of hydrogen-bond donors (Lipinski definition) is 3. The maximum atomic E-state index is 11.4. The first kappa shape index (κ1) is 12.7. The number of benzene rings is 1. The third-order valence-corrected chi connectivity index (χ3v) is 2.34. The molecule has 6 heteroatoms. The average molecular weight is 258 g/mol. The van der Waals surface area contributed by atoms with Crippen molar-refractivity contribution in [1.82, 2.24) is 16.2 Å². The number of thiocarbonyl (C=S) groups is 1. The van der Waals surface area contributed by atoms with E-state index in [2.05, 4.69) is 16.2 Å². The quantitative estimate of drug-likeness (QED) is 0.547. The summed E-state index contributed by atoms with van der Waals surface area (Å²) >= 11 is 10.6. The largest absolute Gasteiger partial charge is 0.364 e. The van der Waals surface area contributed by atoms with Crippen molar-refractivity contribution >= 4 is 34.8 Å². The fourth-order valence-electron chi connectivity index (χ4n) is 1.07. The van der Waals surface area contributed by atoms with Crippen LogP contribution >= 0.6 is 23.8 Å². The van der Waals surface area contributed by atoms with Crippen LogP contribution in [-0.4, -0.2) is 18.1 Å². The first-order chi connectivity index (χ1) is 7.61. The molecule has 0 atom stereocenters. The predicted octanol–water partition coefficient (Wildman–Crippen LogP) is 1.01. The van der Waals surface area contributed by atoms with Gasteiger partial charge in [0.05, 0.1) is 6.42 Å². The van der Waals surface area contributed by atoms with Gasteiger partial charge in [0.1, 0.15) is 0 Å². The van der Waals surface area contributed by atoms with E-state index in [0.717, 1.165) is 5.56 Å². The van der Waals surface area contributed by atoms with Crippen molar-refractivity contribution in [3.05, 3.63) is 34.9 Å². The maximum absolute atomic E-state index is 11.4. The van der Waals surface area contributed by atoms with Crippen LogP contribution in [0, 0.1) is 0 Å². The number of hydrazine groups is 1. The lowest BCUT2D eigenvalue weighted by Crippen LogP contribution is -2.46. The van der Waals surface area contributed by atoms with Gasteiger partial charge in [-0.25, -0.2) is 0 Å². The van der Waals surface area contributed by atoms with Gasteiger partial charge in [-0.1, -0.05) is 23.7 Å². The highest BCUT2D eigenvalue weighted by molar-refractivity contribution is 7.80. The fraction of sp³-hybridized carbons (Fsp3) is 0.200. The molecule has 3 N–H and O–H groups in total. The summed E-state index contributed by atoms with van der Waals surface area (Å²) in [5, 5.41) is 3.65. The summed E-state index contributed by atoms with van der Waals surface area (Å²) in [6.07, 6.45) is 0.250. The van der Waals surface area contributed by atoms with E-state index in [1.54, 1.807) is 25.2 Å². The van der Waals surface area contributed by atoms with Gasteiger partial charge in [-0.15, -0.1) is 0 Å². The molecule has 0 aliphatic heterocycles. The van der Waals surface area contributed by atoms with Gasteiger partial charge in [0.2, 0.25) is 5.91 Å². The Bertz CT molecular complexity index is 397. The van der Waals surface area contributed by atoms with E-state index in [4.69, 9.17) is 23.8 Å². The summed E-state index contributed by atoms with van der Waals surface area (Å²) in [6.45, 7) is 0. The van der Waals surface area contributed by atoms with Crippen molar-refractivity contribution in [3.63, 3.8) is 0 Å². The molecule has 0 radical (unpaired) electrons. The number of halogens is 1. The molecule has 1 rings (SSSR count). The molecule has 0 saturated carbocycles. The van der Waals surface area contributed by atoms with Crippen LogP contribution in [0.2, 0.25) is 5.02 Å². The number of rotatable bonds is 2. The Morgan fingerprint density at radius 3 is 2.81 bits per heavy atom. The number of nitrogens with one attached hydrogen (secondary N) is 3. The van der Waals surface area contributed by atoms with Crippen LogP contribution in [0.25, 0.3) is 0 Å². The third kappa shape index (κ3) is 4.46. The zero-order chi connectivity index (χ0) is 12.0. The molecule has 0 aromatic heterocycles. The first-order valence-corrected chi connectivity index (χ1v) is 5.41. The van der Waals surface area contributed by atoms with E-state index in [1.165, 1.54) is 0 Å². The zero-order valence-corrected chi connectivity index (χ0v) is 10.3. The molecule has 1 aromatic carbocycles. The Labute approximate surface area is 104 Å². The fourth-order valence-corrected chi connectivity index (χ4v) is 1.33. The number of amides is 1. The summed E-state index contributed by atoms with van der Waals surface area (Å²) in [4.78, 5) is 11.4. The third-order valence-electron chi connectivity index (χ3n) is 1.80. The second-order valence-electron chi connectivity index (χ2n) is 3.06. The second kappa shape index (κ2) is 6.30. The zero-order valence-electron chi connectivity index (χ0n) is 8.71. The molecule has 1 aromatic rings. The first-order valence-electron chi connectivity index (χ1n) is 4.63. The SMILES string of the molecule is CNC(=S)NNC(=O)Cc1cccc(Cl)c1. The lowest BCUT2D eigenvalue weighted by molar-refractivity contribution is -0.121. The Kier molecular flexibility index (Phi) is 5.01. The van der Waals surface area contributed by atoms with E-state index >= 15 is 0 Å². The molecule has 0 saturated heterocycles. The standard InChI is InChI=1S/C10H12ClN3OS/c1-12-10(16)14-13-9(15)6-7-3-2-4-8(11)5-7/h2-5H,6H2,1H3,(H,13,15)(H2,12,14,16). The van der Waals surface area contributed by atoms with Gasteiger partial charge in [0.25, 0.3) is 0 Å². The molecule has 0 bridgehead atoms. The molecule has 4 nitrogen and oxygen atoms in total. The number of hydrogen-bond acceptors (Lipinski definition) is 2. The van der Waals surface area contributed by atoms with Gasteiger partial charge < -0.3 is 5.32 Å². The van der Waals surface area contributed by atoms with Crippen molar-refractivity contribution in [3.8, 4) is 0 Å². The van der Waals surface area contributed by atoms with E-state index in [-0.39, 0.29) is 12.3 Å². The van der Waals surface area contributed by atoms with Gasteiger partial charge in [-0.3, -0.25) is 15.6 Å². The minimum atomic E-state index is -0.181. The van der Waals surface area contributed by atoms with Crippen molar-refractivity contribution in [1.29, 1.82) is 0 Å². The van der Waals surface area contributed by atoms with E-state index in [9.17, 15) is 4.79 Å². The lowest BCUT2D eigenvalue weighted by Gasteiger charge is -2.08. The monoisotopic (exact) mass is 257 g/mol. The molecule has 0 fully saturated rings. The maximum Gasteiger partial charge on any atom is 0.242 e. The van der Waals surface area contributed by atoms with Crippen LogP contribution in [0.3, 0.4) is 0 Å². The molecule has 0 aliphatic rings. The van der Waals surface area contributed by atoms with Gasteiger partial charge >= 0.3 is 0 Å². The van der Waals surface area contributed by atoms with Crippen molar-refractivity contribution in [2.45, 2.75) is 6.42 Å². The average Bonchev–Trinajstić information content (AvgIpc) is 2.26. The van der Waals surface area contributed by atoms with Gasteiger partial charge in [-0.05, 0) is 29.9 Å². The molecule has 1 amide bonds. The number of carbonyl (C=O) groups is 1. The minimum Gasteiger partial charge on any atom is -0.364 e. The Hall–Kier alpha value is -1.33. The summed E-state index contributed by atoms with van der Waals surface area (Å²) in [7, 11) is 1.67. The Morgan fingerprint density at radius 1 is 1.44 bits per heavy atom. The molecular formula is C10H12ClN3OS. The lowest BCUT2D eigenvalue weighted by atomic mass is 10.1. The van der Waals surface area contributed by atoms with Crippen LogP contribution in [0.1, 0.15) is 5.56 Å². The molecule has 0 spiro atoms. The van der Waals surface area contributed by atoms with Crippen LogP contribution < -0.4 is 16.2 Å². The smallest absolute Gasteiger partial charge is 0.242 e. The van der Waals surface area contributed by atoms with Gasteiger partial charge in [-0.2, -0.15) is 0 Å². The second-order valence-corrected chi connectivity index (χ2v) is 3.90. The molecule has 0 aliphatic carbocycles. The Morgan fingerprint density at radius 2 is 2.19 bits per heavy atom. The molecular weight excluding hydrogens is 246 g/mol. The minimum absolute atomic E-state index is 0.181. The van der Waals surface area contributed by atoms with Crippen molar-refractivity contribution < 1.29 is 4.79 Å². The van der Waals surface area contributed by atoms with E-state index < -0.39 is 0 Å². The van der Waals surface area contributed by atoms with E-state index in [0.29, 0.717) is 10.1 Å². The van der Waals surface area contributed by atoms with Crippen LogP contribution in [-0.2, 0) is 11.2 Å². The van der Waals surface area contributed by atoms with Gasteiger partial charge in [0, 0.05) is 12.1 Å². The van der Waals surface area contributed by atoms with Crippen LogP contribution in [0.4, 0.5) is 0 Å². The normalized spacial score (nSPS) is 9.38. The summed E-state index contributed by atoms with van der Waals surface area (Å²) < 4.78 is 0. The molecule has 0 heterocycles. The summed E-state index contributed by atoms with van der Waals surface area (Å²) in [5.74, 6) is -0.181. The van der Waals surface area contributed by atoms with Crippen LogP contribution in [0.15, 0.2) is 24.3 Å². The van der Waals surface area contributed by atoms with E-state index in [1.807, 2.05) is 6.07 Å². The van der Waals surface area contributed by atoms with Gasteiger partial charge in [0.15, 0.2) is 5.11 Å². The molecule has 0 unspecified atom stereocenters. The molecule has 86 valence electrons. The van der Waals surface area contributed by atoms with Crippen LogP contribution in [0.5, 0.6) is 0 Å². The highest BCUT2D eigenvalue weighted by Crippen LogP contribution is 2.10. The topological polar surface area (TPSA) is 53.2 Å². The Balaban J connectivity index is 2.43. The highest BCUT2D eigenvalue weighted by Gasteiger charge is 2.03. The highest BCUT2D eigenvalue weighted by atomic mass is 35.5. The van der Waals surface area contributed by atoms with Crippen molar-refractivity contribution in [2.24, 2.45) is 0 Å². The predicted molar refractivity (Wildman–Crippen MR) is 68.1 cm³/mol. The van der Waals surface area contributed by atoms with Crippen molar-refractivity contribution in [2.75, 3.05) is 7.05 Å². The summed E-state index contributed by atoms with van der Waals surface area (Å²) in [5.41, 5.74) is 5.87. The summed E-state index contributed by atoms with van der Waals surface area (Å²) in [6, 6.07) is 7.15.